The van der Waals surface area contributed by atoms with Crippen LogP contribution in [-0.4, -0.2) is 38.6 Å². The molecule has 0 amide bonds. The number of allylic oxidation sites excluding steroid dienone is 1. The van der Waals surface area contributed by atoms with Crippen LogP contribution >= 0.6 is 10.0 Å². The maximum absolute atomic E-state index is 12.8. The Morgan fingerprint density at radius 3 is 1.97 bits per heavy atom. The minimum atomic E-state index is -2.44. The zero-order valence-electron chi connectivity index (χ0n) is 17.6. The van der Waals surface area contributed by atoms with Crippen molar-refractivity contribution in [1.82, 2.24) is 0 Å². The molecule has 158 valence electrons. The molecule has 7 heteroatoms. The minimum absolute atomic E-state index is 0.0715. The molecule has 0 spiro atoms. The van der Waals surface area contributed by atoms with Gasteiger partial charge in [-0.05, 0) is 36.0 Å². The fourth-order valence-corrected chi connectivity index (χ4v) is 8.93. The summed E-state index contributed by atoms with van der Waals surface area (Å²) < 4.78 is 5.63. The number of rotatable bonds is 7. The van der Waals surface area contributed by atoms with Gasteiger partial charge >= 0.3 is 17.9 Å². The van der Waals surface area contributed by atoms with E-state index in [9.17, 15) is 24.6 Å². The van der Waals surface area contributed by atoms with E-state index in [1.807, 2.05) is 40.7 Å². The van der Waals surface area contributed by atoms with Gasteiger partial charge in [0.15, 0.2) is 5.76 Å². The summed E-state index contributed by atoms with van der Waals surface area (Å²) >= 11 is 0. The second-order valence-electron chi connectivity index (χ2n) is 7.50. The van der Waals surface area contributed by atoms with Gasteiger partial charge in [0.05, 0.1) is 10.5 Å². The number of benzene rings is 1. The molecule has 2 N–H and O–H groups in total. The number of aryl methyl sites for hydroxylation is 1. The number of ether oxygens (including phenoxy) is 1. The number of carboxylic acid groups (broad SMARTS) is 2. The van der Waals surface area contributed by atoms with Crippen molar-refractivity contribution in [3.8, 4) is 0 Å². The van der Waals surface area contributed by atoms with Crippen LogP contribution < -0.4 is 0 Å². The molecule has 1 aliphatic rings. The zero-order valence-corrected chi connectivity index (χ0v) is 18.4. The molecule has 1 heterocycles. The van der Waals surface area contributed by atoms with Crippen molar-refractivity contribution < 1.29 is 29.3 Å². The summed E-state index contributed by atoms with van der Waals surface area (Å²) in [5.41, 5.74) is 1.45. The van der Waals surface area contributed by atoms with Crippen LogP contribution in [0.2, 0.25) is 0 Å². The predicted octanol–water partition coefficient (Wildman–Crippen LogP) is 4.83. The Bertz CT molecular complexity index is 915. The van der Waals surface area contributed by atoms with E-state index in [1.165, 1.54) is 0 Å². The van der Waals surface area contributed by atoms with Gasteiger partial charge < -0.3 is 14.9 Å². The lowest BCUT2D eigenvalue weighted by molar-refractivity contribution is -0.132. The van der Waals surface area contributed by atoms with Crippen molar-refractivity contribution >= 4 is 27.9 Å². The Morgan fingerprint density at radius 1 is 1.00 bits per heavy atom. The molecule has 29 heavy (non-hydrogen) atoms. The van der Waals surface area contributed by atoms with Gasteiger partial charge in [0, 0.05) is 5.57 Å². The largest absolute Gasteiger partial charge is 0.477 e. The lowest BCUT2D eigenvalue weighted by Crippen LogP contribution is -2.29. The Morgan fingerprint density at radius 2 is 1.55 bits per heavy atom. The zero-order chi connectivity index (χ0) is 22.1. The molecule has 1 aromatic carbocycles. The molecule has 0 saturated carbocycles. The molecule has 0 saturated heterocycles. The van der Waals surface area contributed by atoms with Crippen LogP contribution in [0, 0.1) is 6.92 Å². The molecule has 0 bridgehead atoms. The summed E-state index contributed by atoms with van der Waals surface area (Å²) in [7, 11) is -2.44. The molecule has 0 radical (unpaired) electrons. The van der Waals surface area contributed by atoms with E-state index in [-0.39, 0.29) is 38.1 Å². The van der Waals surface area contributed by atoms with Crippen LogP contribution in [0.25, 0.3) is 0 Å². The Hall–Kier alpha value is -2.54. The van der Waals surface area contributed by atoms with Gasteiger partial charge in [0.2, 0.25) is 0 Å². The first-order valence-corrected chi connectivity index (χ1v) is 11.3. The van der Waals surface area contributed by atoms with Crippen LogP contribution in [0.4, 0.5) is 0 Å². The average Bonchev–Trinajstić information content (AvgIpc) is 2.93. The molecular weight excluding hydrogens is 392 g/mol. The van der Waals surface area contributed by atoms with Gasteiger partial charge in [0.25, 0.3) is 0 Å². The standard InChI is InChI=1S/C22H28O6S/c1-7-16-17(28-22(27)15-10-8-9-14(6)11-15)19(21(25)26)29(12(2)3,13(4)5)18(16)20(23)24/h8-13H,7H2,1-6H3,(H,23,24)(H,25,26). The first-order chi connectivity index (χ1) is 13.5. The van der Waals surface area contributed by atoms with Gasteiger partial charge in [-0.1, -0.05) is 52.3 Å². The third kappa shape index (κ3) is 3.71. The number of aliphatic carboxylic acids is 2. The van der Waals surface area contributed by atoms with Gasteiger partial charge in [0.1, 0.15) is 4.91 Å². The van der Waals surface area contributed by atoms with Gasteiger partial charge in [-0.15, -0.1) is 0 Å². The highest BCUT2D eigenvalue weighted by Crippen LogP contribution is 2.74. The van der Waals surface area contributed by atoms with E-state index in [1.54, 1.807) is 25.1 Å². The molecule has 0 fully saturated rings. The highest BCUT2D eigenvalue weighted by molar-refractivity contribution is 8.42. The second-order valence-corrected chi connectivity index (χ2v) is 11.6. The fraction of sp³-hybridized carbons (Fsp3) is 0.409. The van der Waals surface area contributed by atoms with E-state index in [0.29, 0.717) is 5.57 Å². The van der Waals surface area contributed by atoms with Crippen LogP contribution in [0.3, 0.4) is 0 Å². The number of carbonyl (C=O) groups is 3. The first kappa shape index (κ1) is 22.7. The number of carbonyl (C=O) groups excluding carboxylic acids is 1. The Kier molecular flexibility index (Phi) is 6.63. The SMILES string of the molecule is CCC1=C(C(=O)O)S(C(C)C)(C(C)C)C(C(=O)O)=C1OC(=O)c1cccc(C)c1. The third-order valence-electron chi connectivity index (χ3n) is 5.11. The summed E-state index contributed by atoms with van der Waals surface area (Å²) in [6, 6.07) is 6.78. The number of hydrogen-bond donors (Lipinski definition) is 2. The van der Waals surface area contributed by atoms with Crippen molar-refractivity contribution in [2.75, 3.05) is 0 Å². The summed E-state index contributed by atoms with van der Waals surface area (Å²) in [6.45, 7) is 10.9. The Balaban J connectivity index is 2.79. The summed E-state index contributed by atoms with van der Waals surface area (Å²) in [5.74, 6) is -3.18. The maximum Gasteiger partial charge on any atom is 0.344 e. The third-order valence-corrected chi connectivity index (χ3v) is 10.2. The van der Waals surface area contributed by atoms with Crippen LogP contribution in [0.15, 0.2) is 45.4 Å². The van der Waals surface area contributed by atoms with Crippen molar-refractivity contribution in [1.29, 1.82) is 0 Å². The predicted molar refractivity (Wildman–Crippen MR) is 114 cm³/mol. The molecule has 0 aromatic heterocycles. The van der Waals surface area contributed by atoms with E-state index in [0.717, 1.165) is 5.56 Å². The molecule has 2 rings (SSSR count). The number of carboxylic acids is 2. The highest BCUT2D eigenvalue weighted by atomic mass is 32.3. The van der Waals surface area contributed by atoms with E-state index < -0.39 is 27.9 Å². The average molecular weight is 421 g/mol. The minimum Gasteiger partial charge on any atom is -0.477 e. The van der Waals surface area contributed by atoms with Gasteiger partial charge in [-0.25, -0.2) is 14.4 Å². The molecule has 1 aliphatic heterocycles. The normalized spacial score (nSPS) is 17.1. The van der Waals surface area contributed by atoms with Crippen molar-refractivity contribution in [3.63, 3.8) is 0 Å². The molecule has 0 unspecified atom stereocenters. The summed E-state index contributed by atoms with van der Waals surface area (Å²) in [6.07, 6.45) is 0.253. The molecule has 1 aromatic rings. The molecule has 0 aliphatic carbocycles. The quantitative estimate of drug-likeness (QED) is 0.613. The number of hydrogen-bond acceptors (Lipinski definition) is 4. The molecule has 0 atom stereocenters. The summed E-state index contributed by atoms with van der Waals surface area (Å²) in [4.78, 5) is 37.5. The van der Waals surface area contributed by atoms with Crippen LogP contribution in [-0.2, 0) is 14.3 Å². The van der Waals surface area contributed by atoms with Crippen molar-refractivity contribution in [2.45, 2.75) is 58.5 Å². The van der Waals surface area contributed by atoms with Crippen molar-refractivity contribution in [3.05, 3.63) is 56.5 Å². The van der Waals surface area contributed by atoms with E-state index in [2.05, 4.69) is 0 Å². The van der Waals surface area contributed by atoms with Crippen molar-refractivity contribution in [2.24, 2.45) is 0 Å². The molecular formula is C22H28O6S. The topological polar surface area (TPSA) is 101 Å². The van der Waals surface area contributed by atoms with Gasteiger partial charge in [-0.3, -0.25) is 0 Å². The summed E-state index contributed by atoms with van der Waals surface area (Å²) in [5, 5.41) is 19.7. The van der Waals surface area contributed by atoms with Gasteiger partial charge in [-0.2, -0.15) is 10.0 Å². The maximum atomic E-state index is 12.8. The monoisotopic (exact) mass is 420 g/mol. The smallest absolute Gasteiger partial charge is 0.344 e. The van der Waals surface area contributed by atoms with Crippen LogP contribution in [0.5, 0.6) is 0 Å². The first-order valence-electron chi connectivity index (χ1n) is 9.54. The lowest BCUT2D eigenvalue weighted by atomic mass is 10.1. The van der Waals surface area contributed by atoms with E-state index in [4.69, 9.17) is 4.74 Å². The van der Waals surface area contributed by atoms with E-state index >= 15 is 0 Å². The fourth-order valence-electron chi connectivity index (χ4n) is 4.05. The number of esters is 1. The lowest BCUT2D eigenvalue weighted by Gasteiger charge is -2.45. The van der Waals surface area contributed by atoms with Crippen LogP contribution in [0.1, 0.15) is 57.0 Å². The molecule has 6 nitrogen and oxygen atoms in total. The second kappa shape index (κ2) is 8.45. The Labute approximate surface area is 172 Å². The highest BCUT2D eigenvalue weighted by Gasteiger charge is 2.53.